The first-order valence-corrected chi connectivity index (χ1v) is 7.86. The molecule has 0 fully saturated rings. The molecule has 3 rings (SSSR count). The van der Waals surface area contributed by atoms with Crippen molar-refractivity contribution in [3.05, 3.63) is 59.3 Å². The van der Waals surface area contributed by atoms with Gasteiger partial charge in [0.25, 0.3) is 0 Å². The highest BCUT2D eigenvalue weighted by atomic mass is 14.9. The van der Waals surface area contributed by atoms with E-state index in [1.165, 1.54) is 28.1 Å². The van der Waals surface area contributed by atoms with Crippen molar-refractivity contribution in [2.75, 3.05) is 18.9 Å². The van der Waals surface area contributed by atoms with Crippen LogP contribution in [0.3, 0.4) is 0 Å². The van der Waals surface area contributed by atoms with Gasteiger partial charge in [0.15, 0.2) is 0 Å². The van der Waals surface area contributed by atoms with Crippen LogP contribution in [-0.2, 0) is 0 Å². The number of hydrogen-bond donors (Lipinski definition) is 2. The molecular weight excluding hydrogens is 256 g/mol. The van der Waals surface area contributed by atoms with E-state index in [0.717, 1.165) is 25.8 Å². The molecule has 2 aliphatic rings. The average Bonchev–Trinajstić information content (AvgIpc) is 2.64. The summed E-state index contributed by atoms with van der Waals surface area (Å²) in [4.78, 5) is 0. The topological polar surface area (TPSA) is 24.1 Å². The molecule has 110 valence electrons. The van der Waals surface area contributed by atoms with Crippen LogP contribution in [0.1, 0.15) is 31.7 Å². The SMILES string of the molecule is CNCC(C)CC1=CC2=C(CC=CC2)Nc2ccccc21. The maximum absolute atomic E-state index is 3.66. The first-order valence-electron chi connectivity index (χ1n) is 7.86. The minimum atomic E-state index is 0.635. The van der Waals surface area contributed by atoms with E-state index in [4.69, 9.17) is 0 Å². The van der Waals surface area contributed by atoms with Gasteiger partial charge in [0.1, 0.15) is 0 Å². The van der Waals surface area contributed by atoms with Gasteiger partial charge >= 0.3 is 0 Å². The highest BCUT2D eigenvalue weighted by Crippen LogP contribution is 2.36. The van der Waals surface area contributed by atoms with Crippen molar-refractivity contribution in [1.82, 2.24) is 5.32 Å². The molecule has 2 N–H and O–H groups in total. The number of benzene rings is 1. The molecule has 1 aliphatic heterocycles. The fourth-order valence-corrected chi connectivity index (χ4v) is 3.23. The number of hydrogen-bond acceptors (Lipinski definition) is 2. The van der Waals surface area contributed by atoms with Gasteiger partial charge in [-0.05, 0) is 49.6 Å². The lowest BCUT2D eigenvalue weighted by molar-refractivity contribution is 0.557. The van der Waals surface area contributed by atoms with E-state index in [-0.39, 0.29) is 0 Å². The summed E-state index contributed by atoms with van der Waals surface area (Å²) >= 11 is 0. The molecule has 1 aromatic rings. The van der Waals surface area contributed by atoms with E-state index >= 15 is 0 Å². The Hall–Kier alpha value is -1.80. The molecule has 21 heavy (non-hydrogen) atoms. The van der Waals surface area contributed by atoms with Gasteiger partial charge in [-0.2, -0.15) is 0 Å². The van der Waals surface area contributed by atoms with Crippen molar-refractivity contribution in [1.29, 1.82) is 0 Å². The number of fused-ring (bicyclic) bond motifs is 1. The van der Waals surface area contributed by atoms with Crippen molar-refractivity contribution in [3.8, 4) is 0 Å². The third kappa shape index (κ3) is 3.11. The summed E-state index contributed by atoms with van der Waals surface area (Å²) in [6, 6.07) is 8.69. The Morgan fingerprint density at radius 3 is 2.86 bits per heavy atom. The smallest absolute Gasteiger partial charge is 0.0458 e. The van der Waals surface area contributed by atoms with Gasteiger partial charge in [-0.25, -0.2) is 0 Å². The van der Waals surface area contributed by atoms with Gasteiger partial charge in [-0.1, -0.05) is 43.4 Å². The number of nitrogens with one attached hydrogen (secondary N) is 2. The summed E-state index contributed by atoms with van der Waals surface area (Å²) in [5, 5.41) is 6.94. The van der Waals surface area contributed by atoms with Crippen LogP contribution in [0.25, 0.3) is 5.57 Å². The monoisotopic (exact) mass is 280 g/mol. The highest BCUT2D eigenvalue weighted by molar-refractivity contribution is 5.81. The van der Waals surface area contributed by atoms with Crippen molar-refractivity contribution >= 4 is 11.3 Å². The van der Waals surface area contributed by atoms with E-state index in [9.17, 15) is 0 Å². The van der Waals surface area contributed by atoms with Gasteiger partial charge in [0.05, 0.1) is 0 Å². The summed E-state index contributed by atoms with van der Waals surface area (Å²) < 4.78 is 0. The molecule has 0 radical (unpaired) electrons. The maximum Gasteiger partial charge on any atom is 0.0458 e. The van der Waals surface area contributed by atoms with E-state index in [1.54, 1.807) is 0 Å². The molecule has 1 heterocycles. The first-order chi connectivity index (χ1) is 10.3. The fraction of sp³-hybridized carbons (Fsp3) is 0.368. The second kappa shape index (κ2) is 6.31. The van der Waals surface area contributed by atoms with Crippen LogP contribution in [0.5, 0.6) is 0 Å². The zero-order chi connectivity index (χ0) is 14.7. The molecule has 2 heteroatoms. The maximum atomic E-state index is 3.66. The molecule has 0 saturated heterocycles. The summed E-state index contributed by atoms with van der Waals surface area (Å²) in [5.74, 6) is 0.635. The normalized spacial score (nSPS) is 18.3. The molecule has 2 nitrogen and oxygen atoms in total. The second-order valence-electron chi connectivity index (χ2n) is 6.09. The van der Waals surface area contributed by atoms with Crippen LogP contribution in [0.4, 0.5) is 5.69 Å². The number of anilines is 1. The molecule has 0 aromatic heterocycles. The van der Waals surface area contributed by atoms with Crippen LogP contribution >= 0.6 is 0 Å². The summed E-state index contributed by atoms with van der Waals surface area (Å²) in [5.41, 5.74) is 6.87. The minimum Gasteiger partial charge on any atom is -0.358 e. The highest BCUT2D eigenvalue weighted by Gasteiger charge is 2.18. The van der Waals surface area contributed by atoms with Crippen LogP contribution in [-0.4, -0.2) is 13.6 Å². The van der Waals surface area contributed by atoms with Gasteiger partial charge in [0, 0.05) is 23.4 Å². The molecule has 1 aliphatic carbocycles. The van der Waals surface area contributed by atoms with Gasteiger partial charge in [0.2, 0.25) is 0 Å². The predicted molar refractivity (Wildman–Crippen MR) is 91.1 cm³/mol. The molecule has 0 spiro atoms. The average molecular weight is 280 g/mol. The Balaban J connectivity index is 1.97. The van der Waals surface area contributed by atoms with Gasteiger partial charge in [-0.3, -0.25) is 0 Å². The molecule has 1 unspecified atom stereocenters. The van der Waals surface area contributed by atoms with E-state index < -0.39 is 0 Å². The van der Waals surface area contributed by atoms with E-state index in [2.05, 4.69) is 60.1 Å². The molecular formula is C19H24N2. The second-order valence-corrected chi connectivity index (χ2v) is 6.09. The lowest BCUT2D eigenvalue weighted by Gasteiger charge is -2.16. The lowest BCUT2D eigenvalue weighted by Crippen LogP contribution is -2.16. The lowest BCUT2D eigenvalue weighted by atomic mass is 9.92. The standard InChI is InChI=1S/C19H24N2/c1-14(13-20-2)11-16-12-15-7-3-5-9-18(15)21-19-10-6-4-8-17(16)19/h3-6,8,10,12,14,20-21H,7,9,11,13H2,1-2H3. The Morgan fingerprint density at radius 1 is 1.19 bits per heavy atom. The predicted octanol–water partition coefficient (Wildman–Crippen LogP) is 4.35. The Bertz CT molecular complexity index is 608. The summed E-state index contributed by atoms with van der Waals surface area (Å²) in [6.07, 6.45) is 10.1. The Morgan fingerprint density at radius 2 is 2.00 bits per heavy atom. The number of para-hydroxylation sites is 1. The molecule has 1 atom stereocenters. The Kier molecular flexibility index (Phi) is 4.26. The van der Waals surface area contributed by atoms with Crippen LogP contribution in [0, 0.1) is 5.92 Å². The summed E-state index contributed by atoms with van der Waals surface area (Å²) in [6.45, 7) is 3.37. The van der Waals surface area contributed by atoms with Crippen molar-refractivity contribution in [2.45, 2.75) is 26.2 Å². The first kappa shape index (κ1) is 14.2. The largest absolute Gasteiger partial charge is 0.358 e. The minimum absolute atomic E-state index is 0.635. The molecule has 0 bridgehead atoms. The van der Waals surface area contributed by atoms with E-state index in [1.807, 2.05) is 7.05 Å². The summed E-state index contributed by atoms with van der Waals surface area (Å²) in [7, 11) is 2.03. The molecule has 0 saturated carbocycles. The number of rotatable bonds is 4. The van der Waals surface area contributed by atoms with Gasteiger partial charge < -0.3 is 10.6 Å². The van der Waals surface area contributed by atoms with E-state index in [0.29, 0.717) is 5.92 Å². The van der Waals surface area contributed by atoms with Crippen LogP contribution in [0.15, 0.2) is 53.8 Å². The third-order valence-electron chi connectivity index (χ3n) is 4.24. The quantitative estimate of drug-likeness (QED) is 0.801. The molecule has 1 aromatic carbocycles. The van der Waals surface area contributed by atoms with Crippen molar-refractivity contribution in [2.24, 2.45) is 5.92 Å². The third-order valence-corrected chi connectivity index (χ3v) is 4.24. The van der Waals surface area contributed by atoms with Crippen molar-refractivity contribution < 1.29 is 0 Å². The zero-order valence-electron chi connectivity index (χ0n) is 12.9. The van der Waals surface area contributed by atoms with Crippen molar-refractivity contribution in [3.63, 3.8) is 0 Å². The fourth-order valence-electron chi connectivity index (χ4n) is 3.23. The van der Waals surface area contributed by atoms with Crippen LogP contribution < -0.4 is 10.6 Å². The Labute approximate surface area is 127 Å². The van der Waals surface area contributed by atoms with Gasteiger partial charge in [-0.15, -0.1) is 0 Å². The van der Waals surface area contributed by atoms with Crippen LogP contribution in [0.2, 0.25) is 0 Å². The zero-order valence-corrected chi connectivity index (χ0v) is 12.9. The number of allylic oxidation sites excluding steroid dienone is 5. The molecule has 0 amide bonds.